The number of aromatic hydroxyl groups is 1. The first-order chi connectivity index (χ1) is 8.70. The van der Waals surface area contributed by atoms with Crippen LogP contribution in [0.5, 0.6) is 5.75 Å². The number of hydrogen-bond donors (Lipinski definition) is 2. The molecule has 0 unspecified atom stereocenters. The summed E-state index contributed by atoms with van der Waals surface area (Å²) in [5, 5.41) is 19.6. The molecular weight excluding hydrogens is 240 g/mol. The van der Waals surface area contributed by atoms with Crippen molar-refractivity contribution in [2.24, 2.45) is 5.41 Å². The summed E-state index contributed by atoms with van der Waals surface area (Å²) in [4.78, 5) is 11.3. The quantitative estimate of drug-likeness (QED) is 0.852. The molecule has 0 atom stereocenters. The van der Waals surface area contributed by atoms with Crippen molar-refractivity contribution in [2.75, 3.05) is 0 Å². The maximum atomic E-state index is 11.3. The third-order valence-corrected chi connectivity index (χ3v) is 3.60. The van der Waals surface area contributed by atoms with Crippen LogP contribution in [0, 0.1) is 5.41 Å². The lowest BCUT2D eigenvalue weighted by molar-refractivity contribution is -0.146. The van der Waals surface area contributed by atoms with Gasteiger partial charge in [0.1, 0.15) is 5.75 Å². The van der Waals surface area contributed by atoms with E-state index in [0.717, 1.165) is 23.1 Å². The summed E-state index contributed by atoms with van der Waals surface area (Å²) >= 11 is 0. The van der Waals surface area contributed by atoms with Gasteiger partial charge in [-0.2, -0.15) is 0 Å². The number of rotatable bonds is 5. The highest BCUT2D eigenvalue weighted by Gasteiger charge is 2.30. The molecule has 0 fully saturated rings. The third kappa shape index (κ3) is 3.28. The lowest BCUT2D eigenvalue weighted by atomic mass is 9.81. The van der Waals surface area contributed by atoms with Crippen LogP contribution in [0.3, 0.4) is 0 Å². The van der Waals surface area contributed by atoms with Gasteiger partial charge in [0.25, 0.3) is 0 Å². The van der Waals surface area contributed by atoms with Crippen LogP contribution in [0.15, 0.2) is 12.1 Å². The molecule has 1 rings (SSSR count). The molecule has 3 heteroatoms. The Morgan fingerprint density at radius 2 is 1.89 bits per heavy atom. The summed E-state index contributed by atoms with van der Waals surface area (Å²) in [6.07, 6.45) is 1.08. The van der Waals surface area contributed by atoms with E-state index in [1.165, 1.54) is 0 Å². The van der Waals surface area contributed by atoms with Gasteiger partial charge in [-0.05, 0) is 49.3 Å². The zero-order valence-corrected chi connectivity index (χ0v) is 12.4. The predicted octanol–water partition coefficient (Wildman–Crippen LogP) is 3.73. The first kappa shape index (κ1) is 15.5. The van der Waals surface area contributed by atoms with Crippen LogP contribution in [-0.2, 0) is 17.6 Å². The van der Waals surface area contributed by atoms with Crippen molar-refractivity contribution < 1.29 is 15.0 Å². The topological polar surface area (TPSA) is 57.5 Å². The first-order valence-corrected chi connectivity index (χ1v) is 6.77. The molecule has 0 amide bonds. The molecule has 0 aliphatic carbocycles. The molecule has 0 aromatic heterocycles. The van der Waals surface area contributed by atoms with Gasteiger partial charge in [0.15, 0.2) is 0 Å². The van der Waals surface area contributed by atoms with Crippen molar-refractivity contribution in [3.8, 4) is 5.75 Å². The van der Waals surface area contributed by atoms with Crippen LogP contribution in [0.2, 0.25) is 0 Å². The fourth-order valence-electron chi connectivity index (χ4n) is 2.23. The minimum absolute atomic E-state index is 0.261. The van der Waals surface area contributed by atoms with Gasteiger partial charge in [-0.15, -0.1) is 0 Å². The van der Waals surface area contributed by atoms with Crippen molar-refractivity contribution in [3.63, 3.8) is 0 Å². The predicted molar refractivity (Wildman–Crippen MR) is 76.7 cm³/mol. The Kier molecular flexibility index (Phi) is 4.61. The van der Waals surface area contributed by atoms with E-state index in [2.05, 4.69) is 13.8 Å². The van der Waals surface area contributed by atoms with Crippen molar-refractivity contribution in [2.45, 2.75) is 53.4 Å². The third-order valence-electron chi connectivity index (χ3n) is 3.60. The number of aryl methyl sites for hydroxylation is 1. The average Bonchev–Trinajstić information content (AvgIpc) is 2.30. The molecular formula is C16H24O3. The van der Waals surface area contributed by atoms with Crippen molar-refractivity contribution >= 4 is 5.97 Å². The SMILES string of the molecule is CCc1ccc(C(C)C)c(CC(C)(C)C(=O)O)c1O. The van der Waals surface area contributed by atoms with E-state index in [4.69, 9.17) is 0 Å². The van der Waals surface area contributed by atoms with Gasteiger partial charge < -0.3 is 10.2 Å². The van der Waals surface area contributed by atoms with Crippen LogP contribution >= 0.6 is 0 Å². The molecule has 0 saturated heterocycles. The van der Waals surface area contributed by atoms with Crippen LogP contribution < -0.4 is 0 Å². The largest absolute Gasteiger partial charge is 0.507 e. The fraction of sp³-hybridized carbons (Fsp3) is 0.562. The van der Waals surface area contributed by atoms with Gasteiger partial charge in [0.05, 0.1) is 5.41 Å². The van der Waals surface area contributed by atoms with Crippen molar-refractivity contribution in [3.05, 3.63) is 28.8 Å². The summed E-state index contributed by atoms with van der Waals surface area (Å²) in [6.45, 7) is 9.47. The zero-order valence-electron chi connectivity index (χ0n) is 12.4. The molecule has 0 bridgehead atoms. The Morgan fingerprint density at radius 3 is 2.32 bits per heavy atom. The number of phenols is 1. The highest BCUT2D eigenvalue weighted by Crippen LogP contribution is 2.35. The number of carbonyl (C=O) groups is 1. The number of aliphatic carboxylic acids is 1. The summed E-state index contributed by atoms with van der Waals surface area (Å²) < 4.78 is 0. The van der Waals surface area contributed by atoms with E-state index >= 15 is 0 Å². The van der Waals surface area contributed by atoms with Crippen molar-refractivity contribution in [1.82, 2.24) is 0 Å². The van der Waals surface area contributed by atoms with Gasteiger partial charge in [-0.3, -0.25) is 4.79 Å². The van der Waals surface area contributed by atoms with Crippen LogP contribution in [0.25, 0.3) is 0 Å². The van der Waals surface area contributed by atoms with E-state index in [1.54, 1.807) is 13.8 Å². The van der Waals surface area contributed by atoms with Crippen LogP contribution in [-0.4, -0.2) is 16.2 Å². The number of phenolic OH excluding ortho intramolecular Hbond substituents is 1. The summed E-state index contributed by atoms with van der Waals surface area (Å²) in [5.41, 5.74) is 1.80. The highest BCUT2D eigenvalue weighted by molar-refractivity contribution is 5.74. The van der Waals surface area contributed by atoms with Crippen LogP contribution in [0.1, 0.15) is 57.2 Å². The van der Waals surface area contributed by atoms with Crippen LogP contribution in [0.4, 0.5) is 0 Å². The van der Waals surface area contributed by atoms with E-state index in [0.29, 0.717) is 6.42 Å². The molecule has 19 heavy (non-hydrogen) atoms. The van der Waals surface area contributed by atoms with Gasteiger partial charge in [-0.1, -0.05) is 32.9 Å². The molecule has 3 nitrogen and oxygen atoms in total. The summed E-state index contributed by atoms with van der Waals surface area (Å²) in [5.74, 6) is -0.317. The van der Waals surface area contributed by atoms with Gasteiger partial charge in [0.2, 0.25) is 0 Å². The molecule has 0 spiro atoms. The molecule has 0 radical (unpaired) electrons. The standard InChI is InChI=1S/C16H24O3/c1-6-11-7-8-12(10(2)3)13(14(11)17)9-16(4,5)15(18)19/h7-8,10,17H,6,9H2,1-5H3,(H,18,19). The first-order valence-electron chi connectivity index (χ1n) is 6.77. The minimum atomic E-state index is -0.881. The number of benzene rings is 1. The van der Waals surface area contributed by atoms with Gasteiger partial charge in [-0.25, -0.2) is 0 Å². The molecule has 0 aliphatic rings. The maximum absolute atomic E-state index is 11.3. The summed E-state index contributed by atoms with van der Waals surface area (Å²) in [7, 11) is 0. The molecule has 1 aromatic carbocycles. The Bertz CT molecular complexity index is 473. The monoisotopic (exact) mass is 264 g/mol. The molecule has 0 aliphatic heterocycles. The van der Waals surface area contributed by atoms with E-state index in [1.807, 2.05) is 19.1 Å². The Labute approximate surface area is 115 Å². The maximum Gasteiger partial charge on any atom is 0.309 e. The van der Waals surface area contributed by atoms with Crippen molar-refractivity contribution in [1.29, 1.82) is 0 Å². The smallest absolute Gasteiger partial charge is 0.309 e. The van der Waals surface area contributed by atoms with E-state index in [-0.39, 0.29) is 11.7 Å². The second kappa shape index (κ2) is 5.64. The Balaban J connectivity index is 3.34. The zero-order chi connectivity index (χ0) is 14.8. The van der Waals surface area contributed by atoms with Gasteiger partial charge in [0, 0.05) is 0 Å². The Morgan fingerprint density at radius 1 is 1.32 bits per heavy atom. The average molecular weight is 264 g/mol. The lowest BCUT2D eigenvalue weighted by Gasteiger charge is -2.24. The Hall–Kier alpha value is -1.51. The van der Waals surface area contributed by atoms with Gasteiger partial charge >= 0.3 is 5.97 Å². The second-order valence-corrected chi connectivity index (χ2v) is 6.02. The van der Waals surface area contributed by atoms with E-state index in [9.17, 15) is 15.0 Å². The number of hydrogen-bond acceptors (Lipinski definition) is 2. The number of carboxylic acid groups (broad SMARTS) is 1. The highest BCUT2D eigenvalue weighted by atomic mass is 16.4. The lowest BCUT2D eigenvalue weighted by Crippen LogP contribution is -2.27. The fourth-order valence-corrected chi connectivity index (χ4v) is 2.23. The summed E-state index contributed by atoms with van der Waals surface area (Å²) in [6, 6.07) is 3.94. The molecule has 0 saturated carbocycles. The normalized spacial score (nSPS) is 11.9. The second-order valence-electron chi connectivity index (χ2n) is 6.02. The molecule has 106 valence electrons. The molecule has 2 N–H and O–H groups in total. The molecule has 1 aromatic rings. The number of carboxylic acids is 1. The molecule has 0 heterocycles. The van der Waals surface area contributed by atoms with E-state index < -0.39 is 11.4 Å². The minimum Gasteiger partial charge on any atom is -0.507 e.